The summed E-state index contributed by atoms with van der Waals surface area (Å²) < 4.78 is 31.1. The number of nitrogens with zero attached hydrogens (tertiary/aromatic N) is 1. The summed E-state index contributed by atoms with van der Waals surface area (Å²) in [4.78, 5) is 10.9. The molecule has 2 rings (SSSR count). The Hall–Kier alpha value is -1.86. The summed E-state index contributed by atoms with van der Waals surface area (Å²) in [6.45, 7) is 2.81. The summed E-state index contributed by atoms with van der Waals surface area (Å²) in [5.74, 6) is -0.904. The Morgan fingerprint density at radius 3 is 2.48 bits per heavy atom. The molecule has 0 amide bonds. The largest absolute Gasteiger partial charge is 0.480 e. The average molecular weight is 311 g/mol. The van der Waals surface area contributed by atoms with Crippen molar-refractivity contribution in [3.63, 3.8) is 0 Å². The fraction of sp³-hybridized carbons (Fsp3) is 0.357. The number of hydrogen-bond donors (Lipinski definition) is 1. The number of benzene rings is 1. The maximum Gasteiger partial charge on any atom is 0.323 e. The second-order valence-electron chi connectivity index (χ2n) is 4.90. The van der Waals surface area contributed by atoms with E-state index in [4.69, 9.17) is 9.52 Å². The molecule has 7 heteroatoms. The summed E-state index contributed by atoms with van der Waals surface area (Å²) >= 11 is 0. The predicted molar refractivity (Wildman–Crippen MR) is 78.4 cm³/mol. The van der Waals surface area contributed by atoms with Crippen LogP contribution in [0.15, 0.2) is 34.7 Å². The zero-order chi connectivity index (χ0) is 15.8. The van der Waals surface area contributed by atoms with E-state index < -0.39 is 27.3 Å². The van der Waals surface area contributed by atoms with Gasteiger partial charge < -0.3 is 9.52 Å². The maximum atomic E-state index is 12.2. The van der Waals surface area contributed by atoms with Crippen molar-refractivity contribution in [3.05, 3.63) is 36.1 Å². The highest BCUT2D eigenvalue weighted by Gasteiger charge is 2.35. The average Bonchev–Trinajstić information content (AvgIpc) is 2.88. The molecule has 1 aromatic carbocycles. The zero-order valence-electron chi connectivity index (χ0n) is 12.0. The maximum absolute atomic E-state index is 12.2. The Morgan fingerprint density at radius 2 is 1.90 bits per heavy atom. The summed E-state index contributed by atoms with van der Waals surface area (Å²) in [6.07, 6.45) is 0. The molecule has 0 fully saturated rings. The predicted octanol–water partition coefficient (Wildman–Crippen LogP) is 2.23. The van der Waals surface area contributed by atoms with Crippen LogP contribution in [0.3, 0.4) is 0 Å². The standard InChI is InChI=1S/C14H17NO5S/c1-9(15(3)21(18,19)10(2)14(16)17)13-8-11-6-4-5-7-12(11)20-13/h4-10H,1-3H3,(H,16,17). The van der Waals surface area contributed by atoms with E-state index in [0.29, 0.717) is 11.3 Å². The van der Waals surface area contributed by atoms with Crippen molar-refractivity contribution in [2.75, 3.05) is 7.05 Å². The smallest absolute Gasteiger partial charge is 0.323 e. The fourth-order valence-electron chi connectivity index (χ4n) is 1.98. The fourth-order valence-corrected chi connectivity index (χ4v) is 3.28. The highest BCUT2D eigenvalue weighted by atomic mass is 32.2. The van der Waals surface area contributed by atoms with Gasteiger partial charge in [-0.2, -0.15) is 4.31 Å². The normalized spacial score (nSPS) is 15.2. The highest BCUT2D eigenvalue weighted by Crippen LogP contribution is 2.29. The number of aliphatic carboxylic acids is 1. The topological polar surface area (TPSA) is 87.8 Å². The van der Waals surface area contributed by atoms with E-state index >= 15 is 0 Å². The molecule has 0 bridgehead atoms. The van der Waals surface area contributed by atoms with Gasteiger partial charge in [0.25, 0.3) is 0 Å². The molecule has 2 unspecified atom stereocenters. The minimum absolute atomic E-state index is 0.472. The molecule has 0 aliphatic carbocycles. The van der Waals surface area contributed by atoms with Gasteiger partial charge in [-0.05, 0) is 26.0 Å². The molecule has 1 aromatic heterocycles. The van der Waals surface area contributed by atoms with Gasteiger partial charge in [-0.15, -0.1) is 0 Å². The van der Waals surface area contributed by atoms with Crippen molar-refractivity contribution < 1.29 is 22.7 Å². The highest BCUT2D eigenvalue weighted by molar-refractivity contribution is 7.90. The van der Waals surface area contributed by atoms with Crippen molar-refractivity contribution in [3.8, 4) is 0 Å². The Balaban J connectivity index is 2.34. The second kappa shape index (κ2) is 5.50. The lowest BCUT2D eigenvalue weighted by Crippen LogP contribution is -2.40. The van der Waals surface area contributed by atoms with E-state index in [2.05, 4.69) is 0 Å². The van der Waals surface area contributed by atoms with Crippen LogP contribution in [0.1, 0.15) is 25.6 Å². The van der Waals surface area contributed by atoms with E-state index in [1.807, 2.05) is 18.2 Å². The monoisotopic (exact) mass is 311 g/mol. The van der Waals surface area contributed by atoms with Gasteiger partial charge in [0.15, 0.2) is 5.25 Å². The van der Waals surface area contributed by atoms with Crippen LogP contribution in [-0.2, 0) is 14.8 Å². The van der Waals surface area contributed by atoms with Gasteiger partial charge in [-0.1, -0.05) is 18.2 Å². The molecule has 0 radical (unpaired) electrons. The summed E-state index contributed by atoms with van der Waals surface area (Å²) in [5.41, 5.74) is 0.663. The molecular formula is C14H17NO5S. The first-order valence-electron chi connectivity index (χ1n) is 6.43. The minimum Gasteiger partial charge on any atom is -0.480 e. The number of furan rings is 1. The van der Waals surface area contributed by atoms with Gasteiger partial charge in [-0.25, -0.2) is 8.42 Å². The molecule has 1 heterocycles. The third kappa shape index (κ3) is 2.79. The molecule has 0 aliphatic rings. The molecule has 0 saturated heterocycles. The lowest BCUT2D eigenvalue weighted by Gasteiger charge is -2.24. The Bertz CT molecular complexity index is 732. The van der Waals surface area contributed by atoms with Crippen LogP contribution >= 0.6 is 0 Å². The Labute approximate surface area is 123 Å². The number of carbonyl (C=O) groups is 1. The van der Waals surface area contributed by atoms with E-state index in [1.54, 1.807) is 19.1 Å². The SMILES string of the molecule is CC(c1cc2ccccc2o1)N(C)S(=O)(=O)C(C)C(=O)O. The molecule has 0 aliphatic heterocycles. The quantitative estimate of drug-likeness (QED) is 0.914. The third-order valence-corrected chi connectivity index (χ3v) is 5.81. The second-order valence-corrected chi connectivity index (χ2v) is 7.22. The van der Waals surface area contributed by atoms with Crippen LogP contribution in [0.2, 0.25) is 0 Å². The molecule has 0 spiro atoms. The molecular weight excluding hydrogens is 294 g/mol. The molecule has 21 heavy (non-hydrogen) atoms. The number of hydrogen-bond acceptors (Lipinski definition) is 4. The van der Waals surface area contributed by atoms with Gasteiger partial charge in [0.1, 0.15) is 11.3 Å². The van der Waals surface area contributed by atoms with E-state index in [9.17, 15) is 13.2 Å². The third-order valence-electron chi connectivity index (χ3n) is 3.60. The van der Waals surface area contributed by atoms with Crippen LogP contribution in [0.4, 0.5) is 0 Å². The number of rotatable bonds is 5. The lowest BCUT2D eigenvalue weighted by molar-refractivity contribution is -0.136. The van der Waals surface area contributed by atoms with Crippen molar-refractivity contribution in [2.45, 2.75) is 25.1 Å². The summed E-state index contributed by atoms with van der Waals surface area (Å²) in [7, 11) is -2.60. The molecule has 1 N–H and O–H groups in total. The van der Waals surface area contributed by atoms with E-state index in [0.717, 1.165) is 16.6 Å². The van der Waals surface area contributed by atoms with Gasteiger partial charge >= 0.3 is 5.97 Å². The molecule has 6 nitrogen and oxygen atoms in total. The molecule has 0 saturated carbocycles. The van der Waals surface area contributed by atoms with E-state index in [-0.39, 0.29) is 0 Å². The number of carboxylic acids is 1. The van der Waals surface area contributed by atoms with Crippen LogP contribution < -0.4 is 0 Å². The number of sulfonamides is 1. The Morgan fingerprint density at radius 1 is 1.29 bits per heavy atom. The van der Waals surface area contributed by atoms with Crippen molar-refractivity contribution in [1.82, 2.24) is 4.31 Å². The first-order chi connectivity index (χ1) is 9.75. The summed E-state index contributed by atoms with van der Waals surface area (Å²) in [5, 5.41) is 8.27. The van der Waals surface area contributed by atoms with Gasteiger partial charge in [0.05, 0.1) is 6.04 Å². The zero-order valence-corrected chi connectivity index (χ0v) is 12.8. The summed E-state index contributed by atoms with van der Waals surface area (Å²) in [6, 6.07) is 8.51. The molecule has 2 atom stereocenters. The van der Waals surface area contributed by atoms with Crippen molar-refractivity contribution in [1.29, 1.82) is 0 Å². The van der Waals surface area contributed by atoms with Crippen LogP contribution in [0, 0.1) is 0 Å². The number of carboxylic acid groups (broad SMARTS) is 1. The Kier molecular flexibility index (Phi) is 4.06. The molecule has 114 valence electrons. The van der Waals surface area contributed by atoms with Crippen molar-refractivity contribution in [2.24, 2.45) is 0 Å². The van der Waals surface area contributed by atoms with Gasteiger partial charge in [-0.3, -0.25) is 4.79 Å². The lowest BCUT2D eigenvalue weighted by atomic mass is 10.2. The van der Waals surface area contributed by atoms with E-state index in [1.165, 1.54) is 7.05 Å². The van der Waals surface area contributed by atoms with Gasteiger partial charge in [0, 0.05) is 12.4 Å². The van der Waals surface area contributed by atoms with Crippen LogP contribution in [0.5, 0.6) is 0 Å². The molecule has 2 aromatic rings. The first kappa shape index (κ1) is 15.5. The van der Waals surface area contributed by atoms with Crippen LogP contribution in [-0.4, -0.2) is 36.1 Å². The van der Waals surface area contributed by atoms with Crippen LogP contribution in [0.25, 0.3) is 11.0 Å². The van der Waals surface area contributed by atoms with Crippen molar-refractivity contribution >= 4 is 27.0 Å². The first-order valence-corrected chi connectivity index (χ1v) is 7.93. The minimum atomic E-state index is -3.95. The number of para-hydroxylation sites is 1. The van der Waals surface area contributed by atoms with Gasteiger partial charge in [0.2, 0.25) is 10.0 Å². The number of fused-ring (bicyclic) bond motifs is 1.